The summed E-state index contributed by atoms with van der Waals surface area (Å²) in [6, 6.07) is 8.81. The van der Waals surface area contributed by atoms with Crippen molar-refractivity contribution in [1.29, 1.82) is 0 Å². The molecule has 1 N–H and O–H groups in total. The maximum atomic E-state index is 10.7. The Morgan fingerprint density at radius 2 is 1.94 bits per heavy atom. The Morgan fingerprint density at radius 1 is 1.31 bits per heavy atom. The van der Waals surface area contributed by atoms with E-state index in [9.17, 15) is 20.2 Å². The molecule has 1 aromatic carbocycles. The Balaban J connectivity index is 2.62. The van der Waals surface area contributed by atoms with Crippen molar-refractivity contribution in [2.45, 2.75) is 0 Å². The Hall–Kier alpha value is -2.38. The Morgan fingerprint density at radius 3 is 2.44 bits per heavy atom. The van der Waals surface area contributed by atoms with E-state index in [2.05, 4.69) is 6.07 Å². The second kappa shape index (κ2) is 5.49. The van der Waals surface area contributed by atoms with Crippen LogP contribution in [0.2, 0.25) is 0 Å². The van der Waals surface area contributed by atoms with Crippen LogP contribution in [0.4, 0.5) is 5.69 Å². The lowest BCUT2D eigenvalue weighted by Gasteiger charge is -2.12. The summed E-state index contributed by atoms with van der Waals surface area (Å²) in [6.45, 7) is -0.218. The molecule has 0 heterocycles. The van der Waals surface area contributed by atoms with E-state index in [-0.39, 0.29) is 13.1 Å². The molecule has 0 aliphatic heterocycles. The summed E-state index contributed by atoms with van der Waals surface area (Å²) in [5, 5.41) is 20.2. The normalized spacial score (nSPS) is 9.50. The number of nitro groups is 2. The van der Waals surface area contributed by atoms with Crippen LogP contribution in [0, 0.1) is 26.3 Å². The first-order valence-electron chi connectivity index (χ1n) is 4.37. The first-order valence-corrected chi connectivity index (χ1v) is 4.37. The molecule has 0 bridgehead atoms. The molecule has 1 radical (unpaired) electrons. The molecule has 0 unspecified atom stereocenters. The Labute approximate surface area is 90.7 Å². The van der Waals surface area contributed by atoms with E-state index in [4.69, 9.17) is 0 Å². The van der Waals surface area contributed by atoms with Gasteiger partial charge in [0.2, 0.25) is 0 Å². The maximum absolute atomic E-state index is 10.7. The van der Waals surface area contributed by atoms with Gasteiger partial charge in [-0.05, 0) is 18.2 Å². The smallest absolute Gasteiger partial charge is 0.165 e. The summed E-state index contributed by atoms with van der Waals surface area (Å²) in [7, 11) is 0. The van der Waals surface area contributed by atoms with Gasteiger partial charge in [-0.1, -0.05) is 17.1 Å². The van der Waals surface area contributed by atoms with Gasteiger partial charge in [0.15, 0.2) is 10.1 Å². The third-order valence-electron chi connectivity index (χ3n) is 1.76. The molecule has 8 heteroatoms. The van der Waals surface area contributed by atoms with Gasteiger partial charge in [0, 0.05) is 0 Å². The second-order valence-electron chi connectivity index (χ2n) is 2.78. The quantitative estimate of drug-likeness (QED) is 0.550. The van der Waals surface area contributed by atoms with Crippen LogP contribution in [0.5, 0.6) is 0 Å². The minimum absolute atomic E-state index is 0.0992. The van der Waals surface area contributed by atoms with Gasteiger partial charge < -0.3 is 0 Å². The lowest BCUT2D eigenvalue weighted by atomic mass is 10.3. The third kappa shape index (κ3) is 3.40. The summed E-state index contributed by atoms with van der Waals surface area (Å²) in [4.78, 5) is 20.7. The van der Waals surface area contributed by atoms with Gasteiger partial charge in [-0.15, -0.1) is 5.43 Å². The average Bonchev–Trinajstić information content (AvgIpc) is 2.25. The van der Waals surface area contributed by atoms with Gasteiger partial charge in [-0.2, -0.15) is 0 Å². The second-order valence-corrected chi connectivity index (χ2v) is 2.78. The molecule has 16 heavy (non-hydrogen) atoms. The first-order chi connectivity index (χ1) is 7.61. The van der Waals surface area contributed by atoms with Crippen LogP contribution in [-0.2, 0) is 0 Å². The minimum atomic E-state index is -0.739. The SMILES string of the molecule is O=[N+]([O-])NCCN(c1cc[c]cc1)[N+](=O)[O-]. The average molecular weight is 225 g/mol. The fourth-order valence-electron chi connectivity index (χ4n) is 1.10. The third-order valence-corrected chi connectivity index (χ3v) is 1.76. The van der Waals surface area contributed by atoms with Crippen LogP contribution in [0.1, 0.15) is 0 Å². The molecule has 1 aromatic rings. The van der Waals surface area contributed by atoms with E-state index < -0.39 is 10.1 Å². The highest BCUT2D eigenvalue weighted by Crippen LogP contribution is 2.11. The Bertz CT molecular complexity index is 370. The van der Waals surface area contributed by atoms with E-state index in [0.29, 0.717) is 5.69 Å². The van der Waals surface area contributed by atoms with E-state index in [0.717, 1.165) is 5.01 Å². The molecule has 0 saturated carbocycles. The van der Waals surface area contributed by atoms with Crippen LogP contribution in [0.25, 0.3) is 0 Å². The van der Waals surface area contributed by atoms with E-state index in [1.165, 1.54) is 24.3 Å². The molecular formula is C8H9N4O4. The lowest BCUT2D eigenvalue weighted by Crippen LogP contribution is -2.38. The highest BCUT2D eigenvalue weighted by atomic mass is 16.7. The van der Waals surface area contributed by atoms with Crippen LogP contribution in [0.3, 0.4) is 0 Å². The number of anilines is 1. The molecule has 0 aliphatic rings. The van der Waals surface area contributed by atoms with Crippen molar-refractivity contribution < 1.29 is 10.1 Å². The number of nitrogens with one attached hydrogen (secondary N) is 1. The number of hydrogen-bond acceptors (Lipinski definition) is 4. The predicted octanol–water partition coefficient (Wildman–Crippen LogP) is 0.266. The van der Waals surface area contributed by atoms with E-state index in [1.54, 1.807) is 0 Å². The first kappa shape index (κ1) is 11.7. The molecule has 0 atom stereocenters. The van der Waals surface area contributed by atoms with Gasteiger partial charge in [0.1, 0.15) is 12.2 Å². The number of hydrazine groups is 2. The van der Waals surface area contributed by atoms with Crippen molar-refractivity contribution in [2.75, 3.05) is 18.1 Å². The van der Waals surface area contributed by atoms with Gasteiger partial charge in [0.05, 0.1) is 6.54 Å². The van der Waals surface area contributed by atoms with Crippen molar-refractivity contribution in [3.8, 4) is 0 Å². The standard InChI is InChI=1S/C8H9N4O4/c13-11(14)9-6-7-10(12(15)16)8-4-2-1-3-5-8/h2-5,9H,6-7H2. The fraction of sp³-hybridized carbons (Fsp3) is 0.250. The zero-order valence-electron chi connectivity index (χ0n) is 8.20. The molecule has 8 nitrogen and oxygen atoms in total. The molecule has 0 amide bonds. The number of nitrogens with zero attached hydrogens (tertiary/aromatic N) is 3. The monoisotopic (exact) mass is 225 g/mol. The summed E-state index contributed by atoms with van der Waals surface area (Å²) >= 11 is 0. The largest absolute Gasteiger partial charge is 0.235 e. The molecule has 0 aromatic heterocycles. The van der Waals surface area contributed by atoms with Crippen molar-refractivity contribution in [3.05, 3.63) is 50.6 Å². The summed E-state index contributed by atoms with van der Waals surface area (Å²) in [5.41, 5.74) is 2.22. The van der Waals surface area contributed by atoms with E-state index >= 15 is 0 Å². The minimum Gasteiger partial charge on any atom is -0.235 e. The number of hydrogen-bond donors (Lipinski definition) is 1. The van der Waals surface area contributed by atoms with Crippen LogP contribution < -0.4 is 10.4 Å². The Kier molecular flexibility index (Phi) is 4.01. The molecule has 0 fully saturated rings. The summed E-state index contributed by atoms with van der Waals surface area (Å²) in [5.74, 6) is 0. The molecule has 85 valence electrons. The van der Waals surface area contributed by atoms with Gasteiger partial charge in [0.25, 0.3) is 0 Å². The van der Waals surface area contributed by atoms with Gasteiger partial charge in [-0.3, -0.25) is 0 Å². The van der Waals surface area contributed by atoms with Crippen LogP contribution >= 0.6 is 0 Å². The maximum Gasteiger partial charge on any atom is 0.165 e. The zero-order valence-corrected chi connectivity index (χ0v) is 8.20. The molecule has 0 aliphatic carbocycles. The molecular weight excluding hydrogens is 216 g/mol. The predicted molar refractivity (Wildman–Crippen MR) is 54.6 cm³/mol. The van der Waals surface area contributed by atoms with Gasteiger partial charge in [-0.25, -0.2) is 20.2 Å². The summed E-state index contributed by atoms with van der Waals surface area (Å²) < 4.78 is 0. The highest BCUT2D eigenvalue weighted by molar-refractivity contribution is 5.42. The van der Waals surface area contributed by atoms with Crippen molar-refractivity contribution in [1.82, 2.24) is 5.43 Å². The van der Waals surface area contributed by atoms with Gasteiger partial charge >= 0.3 is 0 Å². The zero-order chi connectivity index (χ0) is 12.0. The van der Waals surface area contributed by atoms with Crippen LogP contribution in [-0.4, -0.2) is 23.2 Å². The molecule has 1 rings (SSSR count). The van der Waals surface area contributed by atoms with Crippen molar-refractivity contribution in [2.24, 2.45) is 0 Å². The van der Waals surface area contributed by atoms with Crippen LogP contribution in [0.15, 0.2) is 24.3 Å². The lowest BCUT2D eigenvalue weighted by molar-refractivity contribution is -0.546. The number of benzene rings is 1. The van der Waals surface area contributed by atoms with E-state index in [1.807, 2.05) is 5.43 Å². The fourth-order valence-corrected chi connectivity index (χ4v) is 1.10. The summed E-state index contributed by atoms with van der Waals surface area (Å²) in [6.07, 6.45) is 0. The van der Waals surface area contributed by atoms with Crippen molar-refractivity contribution in [3.63, 3.8) is 0 Å². The highest BCUT2D eigenvalue weighted by Gasteiger charge is 2.16. The molecule has 0 saturated heterocycles. The van der Waals surface area contributed by atoms with Crippen molar-refractivity contribution >= 4 is 5.69 Å². The topological polar surface area (TPSA) is 102 Å². The molecule has 0 spiro atoms. The number of rotatable bonds is 6.